The number of ether oxygens (including phenoxy) is 1. The zero-order valence-electron chi connectivity index (χ0n) is 19.2. The molecular weight excluding hydrogens is 446 g/mol. The van der Waals surface area contributed by atoms with Gasteiger partial charge in [0.05, 0.1) is 17.9 Å². The van der Waals surface area contributed by atoms with Crippen molar-refractivity contribution < 1.29 is 14.3 Å². The van der Waals surface area contributed by atoms with Gasteiger partial charge < -0.3 is 15.4 Å². The number of benzene rings is 3. The molecule has 0 aliphatic carbocycles. The van der Waals surface area contributed by atoms with Gasteiger partial charge in [0.2, 0.25) is 0 Å². The van der Waals surface area contributed by atoms with Crippen LogP contribution in [0, 0.1) is 0 Å². The fraction of sp³-hybridized carbons (Fsp3) is 0.222. The van der Waals surface area contributed by atoms with E-state index < -0.39 is 0 Å². The molecule has 0 heterocycles. The number of anilines is 1. The minimum absolute atomic E-state index is 0.106. The number of thiocarbonyl (C=S) groups is 1. The Balaban J connectivity index is 1.55. The normalized spacial score (nSPS) is 10.3. The van der Waals surface area contributed by atoms with E-state index in [2.05, 4.69) is 22.9 Å². The lowest BCUT2D eigenvalue weighted by Crippen LogP contribution is -2.35. The van der Waals surface area contributed by atoms with E-state index in [1.54, 1.807) is 42.5 Å². The third-order valence-electron chi connectivity index (χ3n) is 5.06. The predicted molar refractivity (Wildman–Crippen MR) is 139 cm³/mol. The van der Waals surface area contributed by atoms with Crippen molar-refractivity contribution in [2.45, 2.75) is 26.2 Å². The Labute approximate surface area is 205 Å². The fourth-order valence-electron chi connectivity index (χ4n) is 3.25. The maximum absolute atomic E-state index is 12.7. The molecule has 34 heavy (non-hydrogen) atoms. The highest BCUT2D eigenvalue weighted by Gasteiger charge is 2.14. The topological polar surface area (TPSA) is 79.5 Å². The predicted octanol–water partition coefficient (Wildman–Crippen LogP) is 4.96. The smallest absolute Gasteiger partial charge is 0.257 e. The van der Waals surface area contributed by atoms with Gasteiger partial charge in [-0.05, 0) is 54.5 Å². The molecule has 0 aliphatic heterocycles. The van der Waals surface area contributed by atoms with Crippen LogP contribution in [0.5, 0.6) is 5.75 Å². The molecule has 2 amide bonds. The third kappa shape index (κ3) is 7.71. The van der Waals surface area contributed by atoms with Crippen LogP contribution in [-0.4, -0.2) is 30.1 Å². The van der Waals surface area contributed by atoms with E-state index in [1.807, 2.05) is 36.4 Å². The molecule has 0 saturated heterocycles. The van der Waals surface area contributed by atoms with Crippen molar-refractivity contribution in [2.24, 2.45) is 0 Å². The second-order valence-corrected chi connectivity index (χ2v) is 8.08. The zero-order chi connectivity index (χ0) is 24.2. The van der Waals surface area contributed by atoms with Crippen LogP contribution in [0.3, 0.4) is 0 Å². The SMILES string of the molecule is CCCCNC(=O)c1ccccc1NC(=S)NC(=O)c1cccc(OCCc2ccccc2)c1. The van der Waals surface area contributed by atoms with Crippen molar-refractivity contribution in [3.05, 3.63) is 95.6 Å². The van der Waals surface area contributed by atoms with Crippen LogP contribution in [0.1, 0.15) is 46.0 Å². The van der Waals surface area contributed by atoms with Crippen LogP contribution in [0.4, 0.5) is 5.69 Å². The summed E-state index contributed by atoms with van der Waals surface area (Å²) in [6.07, 6.45) is 2.68. The Hall–Kier alpha value is -3.71. The Morgan fingerprint density at radius 2 is 1.68 bits per heavy atom. The van der Waals surface area contributed by atoms with E-state index in [-0.39, 0.29) is 16.9 Å². The minimum Gasteiger partial charge on any atom is -0.493 e. The standard InChI is InChI=1S/C27H29N3O3S/c1-2-3-17-28-26(32)23-14-7-8-15-24(23)29-27(34)30-25(31)21-12-9-13-22(19-21)33-18-16-20-10-5-4-6-11-20/h4-15,19H,2-3,16-18H2,1H3,(H,28,32)(H2,29,30,31,34). The lowest BCUT2D eigenvalue weighted by Gasteiger charge is -2.14. The summed E-state index contributed by atoms with van der Waals surface area (Å²) in [5.74, 6) is 0.0541. The second kappa shape index (κ2) is 13.1. The Morgan fingerprint density at radius 3 is 2.47 bits per heavy atom. The molecule has 0 unspecified atom stereocenters. The van der Waals surface area contributed by atoms with Gasteiger partial charge in [-0.25, -0.2) is 0 Å². The second-order valence-electron chi connectivity index (χ2n) is 7.68. The first-order valence-electron chi connectivity index (χ1n) is 11.3. The molecule has 3 aromatic carbocycles. The number of hydrogen-bond donors (Lipinski definition) is 3. The first kappa shape index (κ1) is 24.9. The molecular formula is C27H29N3O3S. The molecule has 0 saturated carbocycles. The van der Waals surface area contributed by atoms with Gasteiger partial charge in [-0.1, -0.05) is 61.9 Å². The summed E-state index contributed by atoms with van der Waals surface area (Å²) in [6, 6.07) is 24.0. The molecule has 0 spiro atoms. The molecule has 3 aromatic rings. The van der Waals surface area contributed by atoms with Gasteiger partial charge in [0.1, 0.15) is 5.75 Å². The summed E-state index contributed by atoms with van der Waals surface area (Å²) < 4.78 is 5.81. The molecule has 3 N–H and O–H groups in total. The molecule has 0 aromatic heterocycles. The fourth-order valence-corrected chi connectivity index (χ4v) is 3.45. The highest BCUT2D eigenvalue weighted by molar-refractivity contribution is 7.80. The van der Waals surface area contributed by atoms with Gasteiger partial charge in [0.15, 0.2) is 5.11 Å². The maximum Gasteiger partial charge on any atom is 0.257 e. The van der Waals surface area contributed by atoms with Gasteiger partial charge in [-0.15, -0.1) is 0 Å². The van der Waals surface area contributed by atoms with Crippen molar-refractivity contribution in [3.63, 3.8) is 0 Å². The average molecular weight is 476 g/mol. The molecule has 7 heteroatoms. The van der Waals surface area contributed by atoms with Crippen LogP contribution < -0.4 is 20.7 Å². The number of carbonyl (C=O) groups excluding carboxylic acids is 2. The van der Waals surface area contributed by atoms with E-state index in [0.29, 0.717) is 35.7 Å². The van der Waals surface area contributed by atoms with Crippen molar-refractivity contribution in [3.8, 4) is 5.75 Å². The van der Waals surface area contributed by atoms with E-state index in [1.165, 1.54) is 5.56 Å². The van der Waals surface area contributed by atoms with Crippen LogP contribution in [0.25, 0.3) is 0 Å². The number of amides is 2. The minimum atomic E-state index is -0.365. The number of para-hydroxylation sites is 1. The molecule has 0 radical (unpaired) electrons. The van der Waals surface area contributed by atoms with Crippen molar-refractivity contribution in [1.82, 2.24) is 10.6 Å². The Kier molecular flexibility index (Phi) is 9.61. The molecule has 0 fully saturated rings. The Morgan fingerprint density at radius 1 is 0.912 bits per heavy atom. The van der Waals surface area contributed by atoms with Crippen molar-refractivity contribution >= 4 is 34.8 Å². The number of carbonyl (C=O) groups is 2. The van der Waals surface area contributed by atoms with Gasteiger partial charge in [-0.3, -0.25) is 14.9 Å². The lowest BCUT2D eigenvalue weighted by molar-refractivity contribution is 0.0952. The summed E-state index contributed by atoms with van der Waals surface area (Å²) in [6.45, 7) is 3.18. The summed E-state index contributed by atoms with van der Waals surface area (Å²) >= 11 is 5.32. The van der Waals surface area contributed by atoms with E-state index in [9.17, 15) is 9.59 Å². The first-order valence-corrected chi connectivity index (χ1v) is 11.7. The third-order valence-corrected chi connectivity index (χ3v) is 5.27. The highest BCUT2D eigenvalue weighted by Crippen LogP contribution is 2.16. The van der Waals surface area contributed by atoms with Gasteiger partial charge in [0, 0.05) is 18.5 Å². The van der Waals surface area contributed by atoms with Gasteiger partial charge >= 0.3 is 0 Å². The van der Waals surface area contributed by atoms with Gasteiger partial charge in [-0.2, -0.15) is 0 Å². The van der Waals surface area contributed by atoms with E-state index >= 15 is 0 Å². The number of unbranched alkanes of at least 4 members (excludes halogenated alkanes) is 1. The van der Waals surface area contributed by atoms with E-state index in [4.69, 9.17) is 17.0 Å². The molecule has 0 aliphatic rings. The molecule has 6 nitrogen and oxygen atoms in total. The lowest BCUT2D eigenvalue weighted by atomic mass is 10.1. The number of rotatable bonds is 10. The maximum atomic E-state index is 12.7. The summed E-state index contributed by atoms with van der Waals surface area (Å²) in [7, 11) is 0. The van der Waals surface area contributed by atoms with Crippen molar-refractivity contribution in [1.29, 1.82) is 0 Å². The monoisotopic (exact) mass is 475 g/mol. The summed E-state index contributed by atoms with van der Waals surface area (Å²) in [5.41, 5.74) is 2.60. The first-order chi connectivity index (χ1) is 16.6. The van der Waals surface area contributed by atoms with Crippen LogP contribution in [0.2, 0.25) is 0 Å². The largest absolute Gasteiger partial charge is 0.493 e. The van der Waals surface area contributed by atoms with Crippen LogP contribution >= 0.6 is 12.2 Å². The summed E-state index contributed by atoms with van der Waals surface area (Å²) in [5, 5.41) is 8.62. The molecule has 176 valence electrons. The number of hydrogen-bond acceptors (Lipinski definition) is 4. The van der Waals surface area contributed by atoms with E-state index in [0.717, 1.165) is 19.3 Å². The molecule has 3 rings (SSSR count). The highest BCUT2D eigenvalue weighted by atomic mass is 32.1. The quantitative estimate of drug-likeness (QED) is 0.285. The summed E-state index contributed by atoms with van der Waals surface area (Å²) in [4.78, 5) is 25.2. The Bertz CT molecular complexity index is 1120. The number of nitrogens with one attached hydrogen (secondary N) is 3. The zero-order valence-corrected chi connectivity index (χ0v) is 20.0. The van der Waals surface area contributed by atoms with Crippen LogP contribution in [0.15, 0.2) is 78.9 Å². The van der Waals surface area contributed by atoms with Crippen molar-refractivity contribution in [2.75, 3.05) is 18.5 Å². The van der Waals surface area contributed by atoms with Crippen LogP contribution in [-0.2, 0) is 6.42 Å². The molecule has 0 atom stereocenters. The average Bonchev–Trinajstić information content (AvgIpc) is 2.85. The molecule has 0 bridgehead atoms. The van der Waals surface area contributed by atoms with Gasteiger partial charge in [0.25, 0.3) is 11.8 Å².